The molecule has 3 N–H and O–H groups in total. The molecular weight excluding hydrogens is 539 g/mol. The Morgan fingerprint density at radius 3 is 2.41 bits per heavy atom. The fraction of sp³-hybridized carbons (Fsp3) is 0.200. The molecule has 2 unspecified atom stereocenters. The van der Waals surface area contributed by atoms with E-state index < -0.39 is 43.7 Å². The average molecular weight is 560 g/mol. The zero-order valence-electron chi connectivity index (χ0n) is 19.9. The monoisotopic (exact) mass is 559 g/mol. The number of carbonyl (C=O) groups is 3. The number of hydrogen-bond donors (Lipinski definition) is 3. The second kappa shape index (κ2) is 9.38. The van der Waals surface area contributed by atoms with Crippen LogP contribution in [0.3, 0.4) is 0 Å². The van der Waals surface area contributed by atoms with Crippen LogP contribution in [-0.2, 0) is 21.1 Å². The van der Waals surface area contributed by atoms with Gasteiger partial charge in [0.2, 0.25) is 0 Å². The van der Waals surface area contributed by atoms with Gasteiger partial charge in [0.1, 0.15) is 5.54 Å². The SMILES string of the molecule is O=C(Nc1ccccc1)Nc1cnccc1CC1CC12NC(=O)N(c1ccc(S(=O)(=O)C(F)(F)F)cc1)C2=O. The lowest BCUT2D eigenvalue weighted by molar-refractivity contribution is -0.119. The van der Waals surface area contributed by atoms with Crippen molar-refractivity contribution in [3.63, 3.8) is 0 Å². The number of alkyl halides is 3. The minimum absolute atomic E-state index is 0.0648. The van der Waals surface area contributed by atoms with Crippen LogP contribution in [0.1, 0.15) is 12.0 Å². The van der Waals surface area contributed by atoms with E-state index in [-0.39, 0.29) is 11.6 Å². The van der Waals surface area contributed by atoms with E-state index in [0.717, 1.165) is 17.0 Å². The number of nitrogens with zero attached hydrogens (tertiary/aromatic N) is 2. The average Bonchev–Trinajstić information content (AvgIpc) is 3.51. The zero-order chi connectivity index (χ0) is 28.0. The smallest absolute Gasteiger partial charge is 0.322 e. The maximum Gasteiger partial charge on any atom is 0.501 e. The molecule has 1 aromatic heterocycles. The topological polar surface area (TPSA) is 138 Å². The van der Waals surface area contributed by atoms with Crippen molar-refractivity contribution >= 4 is 44.9 Å². The molecule has 202 valence electrons. The van der Waals surface area contributed by atoms with Crippen LogP contribution in [0.2, 0.25) is 0 Å². The third-order valence-electron chi connectivity index (χ3n) is 6.59. The van der Waals surface area contributed by atoms with E-state index >= 15 is 0 Å². The molecule has 1 aliphatic carbocycles. The summed E-state index contributed by atoms with van der Waals surface area (Å²) in [6.07, 6.45) is 3.61. The number of anilines is 3. The molecule has 2 aromatic carbocycles. The van der Waals surface area contributed by atoms with Gasteiger partial charge >= 0.3 is 17.6 Å². The van der Waals surface area contributed by atoms with Crippen molar-refractivity contribution in [2.75, 3.05) is 15.5 Å². The summed E-state index contributed by atoms with van der Waals surface area (Å²) in [5.74, 6) is -0.932. The number of carbonyl (C=O) groups excluding carboxylic acids is 3. The van der Waals surface area contributed by atoms with Crippen molar-refractivity contribution in [3.8, 4) is 0 Å². The number of urea groups is 2. The molecule has 2 aliphatic rings. The Labute approximate surface area is 220 Å². The van der Waals surface area contributed by atoms with Crippen LogP contribution in [0.5, 0.6) is 0 Å². The Morgan fingerprint density at radius 2 is 1.74 bits per heavy atom. The number of amides is 5. The van der Waals surface area contributed by atoms with Gasteiger partial charge in [-0.1, -0.05) is 18.2 Å². The van der Waals surface area contributed by atoms with Crippen LogP contribution in [0.25, 0.3) is 0 Å². The van der Waals surface area contributed by atoms with Gasteiger partial charge < -0.3 is 16.0 Å². The first-order valence-corrected chi connectivity index (χ1v) is 13.0. The lowest BCUT2D eigenvalue weighted by Crippen LogP contribution is -2.35. The Bertz CT molecular complexity index is 1560. The standard InChI is InChI=1S/C25H20F3N5O5S/c26-25(27,28)39(37,38)19-8-6-18(7-9-19)33-21(34)24(32-23(33)36)13-16(24)12-15-10-11-29-14-20(15)31-22(35)30-17-4-2-1-3-5-17/h1-11,14,16H,12-13H2,(H,32,36)(H2,30,31,35). The highest BCUT2D eigenvalue weighted by Gasteiger charge is 2.67. The van der Waals surface area contributed by atoms with Crippen LogP contribution in [0.15, 0.2) is 78.0 Å². The van der Waals surface area contributed by atoms with Crippen LogP contribution in [-0.4, -0.2) is 42.4 Å². The summed E-state index contributed by atoms with van der Waals surface area (Å²) >= 11 is 0. The molecule has 5 amide bonds. The minimum Gasteiger partial charge on any atom is -0.322 e. The third kappa shape index (κ3) is 4.78. The van der Waals surface area contributed by atoms with Gasteiger partial charge in [0.05, 0.1) is 22.5 Å². The lowest BCUT2D eigenvalue weighted by Gasteiger charge is -2.15. The molecular formula is C25H20F3N5O5S. The number of halogens is 3. The van der Waals surface area contributed by atoms with Gasteiger partial charge in [-0.05, 0) is 66.8 Å². The number of nitrogens with one attached hydrogen (secondary N) is 3. The second-order valence-corrected chi connectivity index (χ2v) is 11.0. The summed E-state index contributed by atoms with van der Waals surface area (Å²) in [5.41, 5.74) is -5.08. The first-order chi connectivity index (χ1) is 18.4. The third-order valence-corrected chi connectivity index (χ3v) is 8.09. The number of rotatable bonds is 6. The summed E-state index contributed by atoms with van der Waals surface area (Å²) in [4.78, 5) is 42.2. The van der Waals surface area contributed by atoms with E-state index in [9.17, 15) is 36.0 Å². The molecule has 0 radical (unpaired) electrons. The van der Waals surface area contributed by atoms with Crippen molar-refractivity contribution in [2.45, 2.75) is 28.8 Å². The highest BCUT2D eigenvalue weighted by Crippen LogP contribution is 2.50. The van der Waals surface area contributed by atoms with Crippen molar-refractivity contribution < 1.29 is 36.0 Å². The first-order valence-electron chi connectivity index (χ1n) is 11.6. The summed E-state index contributed by atoms with van der Waals surface area (Å²) in [6.45, 7) is 0. The molecule has 14 heteroatoms. The number of sulfone groups is 1. The van der Waals surface area contributed by atoms with E-state index in [1.807, 2.05) is 6.07 Å². The number of imide groups is 1. The van der Waals surface area contributed by atoms with E-state index in [4.69, 9.17) is 0 Å². The second-order valence-electron chi connectivity index (χ2n) is 9.07. The van der Waals surface area contributed by atoms with Crippen LogP contribution in [0, 0.1) is 5.92 Å². The van der Waals surface area contributed by atoms with Crippen molar-refractivity contribution in [2.24, 2.45) is 5.92 Å². The van der Waals surface area contributed by atoms with Crippen LogP contribution < -0.4 is 20.9 Å². The number of hydrogen-bond acceptors (Lipinski definition) is 6. The van der Waals surface area contributed by atoms with Crippen molar-refractivity contribution in [1.82, 2.24) is 10.3 Å². The summed E-state index contributed by atoms with van der Waals surface area (Å²) in [6, 6.07) is 12.6. The van der Waals surface area contributed by atoms with E-state index in [0.29, 0.717) is 41.9 Å². The van der Waals surface area contributed by atoms with E-state index in [2.05, 4.69) is 20.9 Å². The number of benzene rings is 2. The summed E-state index contributed by atoms with van der Waals surface area (Å²) in [5, 5.41) is 8.09. The highest BCUT2D eigenvalue weighted by atomic mass is 32.2. The van der Waals surface area contributed by atoms with Crippen molar-refractivity contribution in [3.05, 3.63) is 78.6 Å². The van der Waals surface area contributed by atoms with Crippen LogP contribution >= 0.6 is 0 Å². The molecule has 1 spiro atoms. The zero-order valence-corrected chi connectivity index (χ0v) is 20.7. The van der Waals surface area contributed by atoms with Gasteiger partial charge in [-0.2, -0.15) is 13.2 Å². The highest BCUT2D eigenvalue weighted by molar-refractivity contribution is 7.92. The van der Waals surface area contributed by atoms with E-state index in [1.165, 1.54) is 12.4 Å². The maximum atomic E-state index is 13.3. The van der Waals surface area contributed by atoms with E-state index in [1.54, 1.807) is 30.3 Å². The molecule has 1 aliphatic heterocycles. The number of pyridine rings is 1. The van der Waals surface area contributed by atoms with Gasteiger partial charge in [-0.25, -0.2) is 22.9 Å². The predicted octanol–water partition coefficient (Wildman–Crippen LogP) is 4.08. The van der Waals surface area contributed by atoms with Gasteiger partial charge in [0, 0.05) is 11.9 Å². The van der Waals surface area contributed by atoms with Gasteiger partial charge in [0.15, 0.2) is 0 Å². The fourth-order valence-corrected chi connectivity index (χ4v) is 5.27. The summed E-state index contributed by atoms with van der Waals surface area (Å²) < 4.78 is 61.7. The first kappa shape index (κ1) is 26.2. The largest absolute Gasteiger partial charge is 0.501 e. The molecule has 1 saturated carbocycles. The molecule has 5 rings (SSSR count). The fourth-order valence-electron chi connectivity index (χ4n) is 4.51. The quantitative estimate of drug-likeness (QED) is 0.389. The molecule has 1 saturated heterocycles. The number of aromatic nitrogens is 1. The van der Waals surface area contributed by atoms with Crippen LogP contribution in [0.4, 0.5) is 39.8 Å². The Balaban J connectivity index is 1.29. The molecule has 2 atom stereocenters. The molecule has 3 aromatic rings. The Morgan fingerprint density at radius 1 is 1.05 bits per heavy atom. The van der Waals surface area contributed by atoms with Crippen molar-refractivity contribution in [1.29, 1.82) is 0 Å². The Kier molecular flexibility index (Phi) is 6.29. The van der Waals surface area contributed by atoms with Gasteiger partial charge in [0.25, 0.3) is 15.7 Å². The molecule has 39 heavy (non-hydrogen) atoms. The number of para-hydroxylation sites is 1. The molecule has 2 heterocycles. The normalized spacial score (nSPS) is 20.6. The minimum atomic E-state index is -5.57. The molecule has 2 fully saturated rings. The maximum absolute atomic E-state index is 13.3. The molecule has 10 nitrogen and oxygen atoms in total. The Hall–Kier alpha value is -4.46. The lowest BCUT2D eigenvalue weighted by atomic mass is 10.0. The summed E-state index contributed by atoms with van der Waals surface area (Å²) in [7, 11) is -5.57. The van der Waals surface area contributed by atoms with Gasteiger partial charge in [-0.3, -0.25) is 9.78 Å². The molecule has 0 bridgehead atoms. The predicted molar refractivity (Wildman–Crippen MR) is 134 cm³/mol. The van der Waals surface area contributed by atoms with Gasteiger partial charge in [-0.15, -0.1) is 0 Å².